The Bertz CT molecular complexity index is 490. The van der Waals surface area contributed by atoms with Crippen LogP contribution in [0.15, 0.2) is 0 Å². The molecule has 0 aliphatic carbocycles. The van der Waals surface area contributed by atoms with Gasteiger partial charge in [-0.3, -0.25) is 5.10 Å². The van der Waals surface area contributed by atoms with E-state index in [-0.39, 0.29) is 12.1 Å². The number of thioether (sulfide) groups is 1. The number of hydrogen-bond donors (Lipinski definition) is 2. The summed E-state index contributed by atoms with van der Waals surface area (Å²) in [6.07, 6.45) is 4.43. The fraction of sp³-hybridized carbons (Fsp3) is 0.733. The zero-order valence-corrected chi connectivity index (χ0v) is 13.6. The summed E-state index contributed by atoms with van der Waals surface area (Å²) in [6.45, 7) is 4.91. The number of amides is 2. The molecule has 0 spiro atoms. The Morgan fingerprint density at radius 1 is 1.38 bits per heavy atom. The second-order valence-electron chi connectivity index (χ2n) is 6.06. The van der Waals surface area contributed by atoms with E-state index < -0.39 is 0 Å². The highest BCUT2D eigenvalue weighted by Gasteiger charge is 2.33. The Balaban J connectivity index is 1.70. The van der Waals surface area contributed by atoms with Crippen LogP contribution in [0.2, 0.25) is 0 Å². The van der Waals surface area contributed by atoms with Gasteiger partial charge in [0.2, 0.25) is 0 Å². The average molecular weight is 308 g/mol. The van der Waals surface area contributed by atoms with E-state index in [1.807, 2.05) is 30.5 Å². The molecule has 3 heterocycles. The van der Waals surface area contributed by atoms with E-state index in [1.54, 1.807) is 0 Å². The lowest BCUT2D eigenvalue weighted by molar-refractivity contribution is 0.189. The first kappa shape index (κ1) is 14.8. The number of H-pyrrole nitrogens is 1. The number of nitrogens with one attached hydrogen (secondary N) is 2. The van der Waals surface area contributed by atoms with Crippen molar-refractivity contribution in [3.8, 4) is 0 Å². The van der Waals surface area contributed by atoms with Crippen LogP contribution in [-0.2, 0) is 0 Å². The van der Waals surface area contributed by atoms with Gasteiger partial charge in [0.25, 0.3) is 0 Å². The molecule has 2 fully saturated rings. The Morgan fingerprint density at radius 3 is 2.90 bits per heavy atom. The van der Waals surface area contributed by atoms with Crippen LogP contribution in [0.1, 0.15) is 48.7 Å². The maximum absolute atomic E-state index is 12.6. The molecule has 0 unspecified atom stereocenters. The van der Waals surface area contributed by atoms with Gasteiger partial charge in [-0.15, -0.1) is 0 Å². The number of likely N-dealkylation sites (tertiary alicyclic amines) is 1. The number of rotatable bonds is 2. The number of aryl methyl sites for hydroxylation is 2. The van der Waals surface area contributed by atoms with E-state index in [1.165, 1.54) is 17.7 Å². The van der Waals surface area contributed by atoms with Gasteiger partial charge in [-0.1, -0.05) is 0 Å². The van der Waals surface area contributed by atoms with E-state index >= 15 is 0 Å². The minimum Gasteiger partial charge on any atom is -0.334 e. The topological polar surface area (TPSA) is 61.0 Å². The highest BCUT2D eigenvalue weighted by molar-refractivity contribution is 7.99. The first-order chi connectivity index (χ1) is 10.2. The maximum atomic E-state index is 12.6. The molecule has 0 aromatic carbocycles. The predicted octanol–water partition coefficient (Wildman–Crippen LogP) is 2.77. The molecule has 3 rings (SSSR count). The van der Waals surface area contributed by atoms with E-state index in [9.17, 15) is 4.79 Å². The third-order valence-corrected chi connectivity index (χ3v) is 5.74. The minimum atomic E-state index is 0.102. The Kier molecular flexibility index (Phi) is 4.42. The molecule has 2 N–H and O–H groups in total. The molecule has 1 aromatic rings. The molecular weight excluding hydrogens is 284 g/mol. The van der Waals surface area contributed by atoms with E-state index in [2.05, 4.69) is 15.5 Å². The molecule has 2 saturated heterocycles. The van der Waals surface area contributed by atoms with Crippen molar-refractivity contribution in [3.63, 3.8) is 0 Å². The van der Waals surface area contributed by atoms with Crippen LogP contribution in [0.25, 0.3) is 0 Å². The number of hydrogen-bond acceptors (Lipinski definition) is 3. The summed E-state index contributed by atoms with van der Waals surface area (Å²) in [5.41, 5.74) is 3.32. The molecule has 21 heavy (non-hydrogen) atoms. The summed E-state index contributed by atoms with van der Waals surface area (Å²) in [6, 6.07) is 0.619. The van der Waals surface area contributed by atoms with Crippen molar-refractivity contribution in [3.05, 3.63) is 17.0 Å². The second-order valence-corrected chi connectivity index (χ2v) is 7.21. The molecule has 5 nitrogen and oxygen atoms in total. The number of aromatic amines is 1. The Hall–Kier alpha value is -1.17. The number of carbonyl (C=O) groups is 1. The van der Waals surface area contributed by atoms with Crippen LogP contribution in [0.3, 0.4) is 0 Å². The maximum Gasteiger partial charge on any atom is 0.318 e. The average Bonchev–Trinajstić information content (AvgIpc) is 3.07. The van der Waals surface area contributed by atoms with Crippen molar-refractivity contribution >= 4 is 17.8 Å². The van der Waals surface area contributed by atoms with Gasteiger partial charge in [-0.2, -0.15) is 16.9 Å². The molecule has 1 aromatic heterocycles. The minimum absolute atomic E-state index is 0.102. The normalized spacial score (nSPS) is 26.1. The van der Waals surface area contributed by atoms with Crippen molar-refractivity contribution in [2.24, 2.45) is 0 Å². The van der Waals surface area contributed by atoms with Gasteiger partial charge in [0.05, 0.1) is 11.7 Å². The number of nitrogens with zero attached hydrogens (tertiary/aromatic N) is 2. The van der Waals surface area contributed by atoms with Crippen LogP contribution in [-0.4, -0.2) is 45.2 Å². The quantitative estimate of drug-likeness (QED) is 0.883. The van der Waals surface area contributed by atoms with Gasteiger partial charge in [0.15, 0.2) is 0 Å². The summed E-state index contributed by atoms with van der Waals surface area (Å²) in [4.78, 5) is 14.6. The van der Waals surface area contributed by atoms with Gasteiger partial charge in [0, 0.05) is 29.6 Å². The highest BCUT2D eigenvalue weighted by Crippen LogP contribution is 2.34. The SMILES string of the molecule is Cc1n[nH]c(C)c1[C@@H]1CCCN1C(=O)N[C@H]1CCCSC1. The summed E-state index contributed by atoms with van der Waals surface area (Å²) >= 11 is 1.94. The fourth-order valence-corrected chi connectivity index (χ4v) is 4.54. The standard InChI is InChI=1S/C15H24N4OS/c1-10-14(11(2)18-17-10)13-6-3-7-19(13)15(20)16-12-5-4-8-21-9-12/h12-13H,3-9H2,1-2H3,(H,16,20)(H,17,18)/t12-,13-/m0/s1. The lowest BCUT2D eigenvalue weighted by atomic mass is 10.0. The smallest absolute Gasteiger partial charge is 0.318 e. The van der Waals surface area contributed by atoms with Gasteiger partial charge >= 0.3 is 6.03 Å². The first-order valence-corrected chi connectivity index (χ1v) is 8.98. The number of aromatic nitrogens is 2. The predicted molar refractivity (Wildman–Crippen MR) is 85.6 cm³/mol. The van der Waals surface area contributed by atoms with Crippen molar-refractivity contribution in [1.82, 2.24) is 20.4 Å². The number of carbonyl (C=O) groups excluding carboxylic acids is 1. The van der Waals surface area contributed by atoms with Crippen LogP contribution in [0.5, 0.6) is 0 Å². The molecule has 0 bridgehead atoms. The van der Waals surface area contributed by atoms with Crippen LogP contribution >= 0.6 is 11.8 Å². The van der Waals surface area contributed by atoms with Crippen LogP contribution < -0.4 is 5.32 Å². The zero-order valence-electron chi connectivity index (χ0n) is 12.8. The third-order valence-electron chi connectivity index (χ3n) is 4.52. The molecular formula is C15H24N4OS. The van der Waals surface area contributed by atoms with Gasteiger partial charge in [0.1, 0.15) is 0 Å². The largest absolute Gasteiger partial charge is 0.334 e. The van der Waals surface area contributed by atoms with Crippen molar-refractivity contribution < 1.29 is 4.79 Å². The lowest BCUT2D eigenvalue weighted by Crippen LogP contribution is -2.46. The summed E-state index contributed by atoms with van der Waals surface area (Å²) in [5.74, 6) is 2.28. The lowest BCUT2D eigenvalue weighted by Gasteiger charge is -2.29. The zero-order chi connectivity index (χ0) is 14.8. The summed E-state index contributed by atoms with van der Waals surface area (Å²) in [5, 5.41) is 10.6. The Labute approximate surface area is 130 Å². The highest BCUT2D eigenvalue weighted by atomic mass is 32.2. The van der Waals surface area contributed by atoms with E-state index in [4.69, 9.17) is 0 Å². The molecule has 6 heteroatoms. The third kappa shape index (κ3) is 3.05. The number of urea groups is 1. The molecule has 2 aliphatic rings. The molecule has 0 saturated carbocycles. The van der Waals surface area contributed by atoms with Crippen molar-refractivity contribution in [1.29, 1.82) is 0 Å². The van der Waals surface area contributed by atoms with Crippen molar-refractivity contribution in [2.75, 3.05) is 18.1 Å². The van der Waals surface area contributed by atoms with E-state index in [0.717, 1.165) is 42.9 Å². The van der Waals surface area contributed by atoms with Crippen LogP contribution in [0.4, 0.5) is 4.79 Å². The monoisotopic (exact) mass is 308 g/mol. The fourth-order valence-electron chi connectivity index (χ4n) is 3.47. The van der Waals surface area contributed by atoms with Gasteiger partial charge in [-0.05, 0) is 45.3 Å². The van der Waals surface area contributed by atoms with Crippen molar-refractivity contribution in [2.45, 2.75) is 51.6 Å². The van der Waals surface area contributed by atoms with Gasteiger partial charge < -0.3 is 10.2 Å². The first-order valence-electron chi connectivity index (χ1n) is 7.83. The Morgan fingerprint density at radius 2 is 2.24 bits per heavy atom. The second kappa shape index (κ2) is 6.30. The summed E-state index contributed by atoms with van der Waals surface area (Å²) in [7, 11) is 0. The van der Waals surface area contributed by atoms with Crippen LogP contribution in [0, 0.1) is 13.8 Å². The molecule has 0 radical (unpaired) electrons. The molecule has 116 valence electrons. The molecule has 2 aliphatic heterocycles. The van der Waals surface area contributed by atoms with Gasteiger partial charge in [-0.25, -0.2) is 4.79 Å². The molecule has 2 amide bonds. The van der Waals surface area contributed by atoms with E-state index in [0.29, 0.717) is 6.04 Å². The molecule has 2 atom stereocenters. The summed E-state index contributed by atoms with van der Waals surface area (Å²) < 4.78 is 0.